The quantitative estimate of drug-likeness (QED) is 0.426. The number of non-ortho nitro benzene ring substituents is 1. The maximum atomic E-state index is 10.9. The highest BCUT2D eigenvalue weighted by atomic mass is 16.6. The number of nitro benzene ring substituents is 1. The largest absolute Gasteiger partial charge is 0.490 e. The molecule has 0 bridgehead atoms. The Balaban J connectivity index is 2.92. The Morgan fingerprint density at radius 2 is 2.00 bits per heavy atom. The van der Waals surface area contributed by atoms with Gasteiger partial charge in [0.25, 0.3) is 5.69 Å². The van der Waals surface area contributed by atoms with Crippen molar-refractivity contribution in [3.63, 3.8) is 0 Å². The Labute approximate surface area is 120 Å². The first-order valence-electron chi connectivity index (χ1n) is 7.27. The first-order valence-corrected chi connectivity index (χ1v) is 7.27. The van der Waals surface area contributed by atoms with Crippen LogP contribution in [-0.4, -0.2) is 17.6 Å². The van der Waals surface area contributed by atoms with Gasteiger partial charge in [-0.15, -0.1) is 0 Å². The third kappa shape index (κ3) is 4.81. The average Bonchev–Trinajstić information content (AvgIpc) is 2.45. The molecule has 0 amide bonds. The van der Waals surface area contributed by atoms with E-state index in [0.29, 0.717) is 6.54 Å². The molecular formula is C15H24N2O3. The van der Waals surface area contributed by atoms with Crippen molar-refractivity contribution in [2.75, 3.05) is 6.54 Å². The van der Waals surface area contributed by atoms with Gasteiger partial charge in [-0.1, -0.05) is 20.8 Å². The maximum Gasteiger partial charge on any atom is 0.270 e. The minimum Gasteiger partial charge on any atom is -0.490 e. The van der Waals surface area contributed by atoms with E-state index in [4.69, 9.17) is 4.74 Å². The SMILES string of the molecule is CCCNCc1cc([N+](=O)[O-])ccc1OC(CC)CC. The number of nitro groups is 1. The molecule has 20 heavy (non-hydrogen) atoms. The molecule has 112 valence electrons. The van der Waals surface area contributed by atoms with Gasteiger partial charge in [0.15, 0.2) is 0 Å². The second-order valence-electron chi connectivity index (χ2n) is 4.78. The van der Waals surface area contributed by atoms with Crippen LogP contribution in [0.1, 0.15) is 45.6 Å². The lowest BCUT2D eigenvalue weighted by Gasteiger charge is -2.18. The van der Waals surface area contributed by atoms with E-state index in [0.717, 1.165) is 37.1 Å². The summed E-state index contributed by atoms with van der Waals surface area (Å²) < 4.78 is 5.95. The second-order valence-corrected chi connectivity index (χ2v) is 4.78. The molecule has 0 radical (unpaired) electrons. The minimum absolute atomic E-state index is 0.107. The molecule has 1 aromatic rings. The van der Waals surface area contributed by atoms with Gasteiger partial charge in [-0.3, -0.25) is 10.1 Å². The zero-order chi connectivity index (χ0) is 15.0. The summed E-state index contributed by atoms with van der Waals surface area (Å²) in [5.74, 6) is 0.743. The summed E-state index contributed by atoms with van der Waals surface area (Å²) in [7, 11) is 0. The summed E-state index contributed by atoms with van der Waals surface area (Å²) in [6.07, 6.45) is 3.03. The number of nitrogens with zero attached hydrogens (tertiary/aromatic N) is 1. The Morgan fingerprint density at radius 3 is 2.55 bits per heavy atom. The van der Waals surface area contributed by atoms with E-state index in [1.54, 1.807) is 12.1 Å². The smallest absolute Gasteiger partial charge is 0.270 e. The Hall–Kier alpha value is -1.62. The Bertz CT molecular complexity index is 431. The Kier molecular flexibility index (Phi) is 7.01. The highest BCUT2D eigenvalue weighted by Gasteiger charge is 2.14. The van der Waals surface area contributed by atoms with E-state index in [-0.39, 0.29) is 16.7 Å². The van der Waals surface area contributed by atoms with Gasteiger partial charge >= 0.3 is 0 Å². The summed E-state index contributed by atoms with van der Waals surface area (Å²) in [5, 5.41) is 14.1. The number of rotatable bonds is 9. The highest BCUT2D eigenvalue weighted by Crippen LogP contribution is 2.26. The summed E-state index contributed by atoms with van der Waals surface area (Å²) in [6.45, 7) is 7.71. The predicted octanol–water partition coefficient (Wildman–Crippen LogP) is 3.66. The van der Waals surface area contributed by atoms with Gasteiger partial charge in [0.1, 0.15) is 5.75 Å². The molecule has 0 saturated carbocycles. The molecule has 0 unspecified atom stereocenters. The number of hydrogen-bond acceptors (Lipinski definition) is 4. The van der Waals surface area contributed by atoms with Gasteiger partial charge in [0.05, 0.1) is 11.0 Å². The second kappa shape index (κ2) is 8.53. The highest BCUT2D eigenvalue weighted by molar-refractivity contribution is 5.43. The molecule has 0 aliphatic carbocycles. The Morgan fingerprint density at radius 1 is 1.30 bits per heavy atom. The van der Waals surface area contributed by atoms with Crippen LogP contribution in [0.15, 0.2) is 18.2 Å². The van der Waals surface area contributed by atoms with Gasteiger partial charge in [0, 0.05) is 24.2 Å². The van der Waals surface area contributed by atoms with Gasteiger partial charge in [-0.2, -0.15) is 0 Å². The van der Waals surface area contributed by atoms with Crippen molar-refractivity contribution < 1.29 is 9.66 Å². The summed E-state index contributed by atoms with van der Waals surface area (Å²) >= 11 is 0. The number of benzene rings is 1. The monoisotopic (exact) mass is 280 g/mol. The molecule has 0 fully saturated rings. The molecular weight excluding hydrogens is 256 g/mol. The standard InChI is InChI=1S/C15H24N2O3/c1-4-9-16-11-12-10-13(17(18)19)7-8-15(12)20-14(5-2)6-3/h7-8,10,14,16H,4-6,9,11H2,1-3H3. The van der Waals surface area contributed by atoms with Crippen LogP contribution in [0.25, 0.3) is 0 Å². The van der Waals surface area contributed by atoms with Crippen LogP contribution >= 0.6 is 0 Å². The number of hydrogen-bond donors (Lipinski definition) is 1. The minimum atomic E-state index is -0.371. The van der Waals surface area contributed by atoms with E-state index < -0.39 is 0 Å². The number of ether oxygens (including phenoxy) is 1. The zero-order valence-corrected chi connectivity index (χ0v) is 12.5. The first-order chi connectivity index (χ1) is 9.62. The van der Waals surface area contributed by atoms with Crippen LogP contribution in [0.3, 0.4) is 0 Å². The molecule has 1 N–H and O–H groups in total. The molecule has 1 aromatic carbocycles. The molecule has 1 rings (SSSR count). The molecule has 0 aliphatic heterocycles. The van der Waals surface area contributed by atoms with Crippen molar-refractivity contribution in [2.45, 2.75) is 52.7 Å². The average molecular weight is 280 g/mol. The van der Waals surface area contributed by atoms with E-state index in [2.05, 4.69) is 26.1 Å². The third-order valence-electron chi connectivity index (χ3n) is 3.20. The summed E-state index contributed by atoms with van der Waals surface area (Å²) in [4.78, 5) is 10.5. The molecule has 0 atom stereocenters. The van der Waals surface area contributed by atoms with E-state index in [1.807, 2.05) is 0 Å². The topological polar surface area (TPSA) is 64.4 Å². The lowest BCUT2D eigenvalue weighted by molar-refractivity contribution is -0.384. The van der Waals surface area contributed by atoms with Crippen LogP contribution in [0.4, 0.5) is 5.69 Å². The lowest BCUT2D eigenvalue weighted by Crippen LogP contribution is -2.18. The fourth-order valence-corrected chi connectivity index (χ4v) is 1.97. The third-order valence-corrected chi connectivity index (χ3v) is 3.20. The van der Waals surface area contributed by atoms with Gasteiger partial charge < -0.3 is 10.1 Å². The van der Waals surface area contributed by atoms with E-state index in [1.165, 1.54) is 6.07 Å². The first kappa shape index (κ1) is 16.4. The summed E-state index contributed by atoms with van der Waals surface area (Å²) in [6, 6.07) is 4.81. The van der Waals surface area contributed by atoms with Crippen molar-refractivity contribution in [1.29, 1.82) is 0 Å². The zero-order valence-electron chi connectivity index (χ0n) is 12.5. The van der Waals surface area contributed by atoms with E-state index >= 15 is 0 Å². The summed E-state index contributed by atoms with van der Waals surface area (Å²) in [5.41, 5.74) is 0.953. The maximum absolute atomic E-state index is 10.9. The van der Waals surface area contributed by atoms with Crippen molar-refractivity contribution in [2.24, 2.45) is 0 Å². The van der Waals surface area contributed by atoms with Crippen LogP contribution < -0.4 is 10.1 Å². The molecule has 5 heteroatoms. The molecule has 0 heterocycles. The van der Waals surface area contributed by atoms with Gasteiger partial charge in [0.2, 0.25) is 0 Å². The molecule has 0 aromatic heterocycles. The van der Waals surface area contributed by atoms with Crippen LogP contribution in [0, 0.1) is 10.1 Å². The van der Waals surface area contributed by atoms with Crippen LogP contribution in [-0.2, 0) is 6.54 Å². The fraction of sp³-hybridized carbons (Fsp3) is 0.600. The van der Waals surface area contributed by atoms with Crippen molar-refractivity contribution in [1.82, 2.24) is 5.32 Å². The molecule has 5 nitrogen and oxygen atoms in total. The molecule has 0 saturated heterocycles. The lowest BCUT2D eigenvalue weighted by atomic mass is 10.1. The van der Waals surface area contributed by atoms with Crippen molar-refractivity contribution >= 4 is 5.69 Å². The van der Waals surface area contributed by atoms with E-state index in [9.17, 15) is 10.1 Å². The normalized spacial score (nSPS) is 10.8. The van der Waals surface area contributed by atoms with Crippen LogP contribution in [0.2, 0.25) is 0 Å². The van der Waals surface area contributed by atoms with Gasteiger partial charge in [-0.05, 0) is 31.9 Å². The van der Waals surface area contributed by atoms with Crippen LogP contribution in [0.5, 0.6) is 5.75 Å². The number of nitrogens with one attached hydrogen (secondary N) is 1. The molecule has 0 spiro atoms. The van der Waals surface area contributed by atoms with Gasteiger partial charge in [-0.25, -0.2) is 0 Å². The van der Waals surface area contributed by atoms with Crippen molar-refractivity contribution in [3.8, 4) is 5.75 Å². The predicted molar refractivity (Wildman–Crippen MR) is 80.1 cm³/mol. The van der Waals surface area contributed by atoms with Crippen molar-refractivity contribution in [3.05, 3.63) is 33.9 Å². The molecule has 0 aliphatic rings. The fourth-order valence-electron chi connectivity index (χ4n) is 1.97.